The van der Waals surface area contributed by atoms with E-state index in [1.165, 1.54) is 5.56 Å². The van der Waals surface area contributed by atoms with E-state index in [-0.39, 0.29) is 13.1 Å². The standard InChI is InChI=1S/C26H32BN5O4/c1-19-9-11-20(12-10-19)13-32-14-23(28-18-32)31-24(33)22(16-36-15-21-7-5-4-6-8-21)30-25(34)26(2,3)29-17-27-35/h4-12,14,18,22,29H,13,15-17H2,1-3H3,(H,30,34)(H,31,33). The maximum absolute atomic E-state index is 13.1. The second kappa shape index (κ2) is 12.9. The maximum atomic E-state index is 13.1. The smallest absolute Gasteiger partial charge is 0.0570 e. The van der Waals surface area contributed by atoms with Gasteiger partial charge in [0.05, 0.1) is 0 Å². The van der Waals surface area contributed by atoms with Crippen molar-refractivity contribution in [2.75, 3.05) is 18.4 Å². The van der Waals surface area contributed by atoms with Crippen LogP contribution in [0.1, 0.15) is 30.5 Å². The third kappa shape index (κ3) is 8.25. The van der Waals surface area contributed by atoms with Gasteiger partial charge in [0.2, 0.25) is 0 Å². The van der Waals surface area contributed by atoms with Gasteiger partial charge in [-0.15, -0.1) is 0 Å². The van der Waals surface area contributed by atoms with Gasteiger partial charge in [-0.25, -0.2) is 0 Å². The van der Waals surface area contributed by atoms with Crippen molar-refractivity contribution in [3.8, 4) is 0 Å². The van der Waals surface area contributed by atoms with Crippen molar-refractivity contribution in [1.29, 1.82) is 0 Å². The minimum atomic E-state index is -1.06. The molecule has 36 heavy (non-hydrogen) atoms. The van der Waals surface area contributed by atoms with Crippen LogP contribution in [0.2, 0.25) is 0 Å². The summed E-state index contributed by atoms with van der Waals surface area (Å²) in [6, 6.07) is 16.8. The van der Waals surface area contributed by atoms with Crippen LogP contribution in [-0.4, -0.2) is 53.1 Å². The molecule has 0 saturated carbocycles. The van der Waals surface area contributed by atoms with Gasteiger partial charge in [0.1, 0.15) is 0 Å². The molecule has 1 heterocycles. The van der Waals surface area contributed by atoms with Gasteiger partial charge < -0.3 is 0 Å². The fourth-order valence-corrected chi connectivity index (χ4v) is 3.40. The number of nitrogens with zero attached hydrogens (tertiary/aromatic N) is 2. The van der Waals surface area contributed by atoms with Gasteiger partial charge in [0.15, 0.2) is 0 Å². The van der Waals surface area contributed by atoms with Gasteiger partial charge in [-0.05, 0) is 12.5 Å². The summed E-state index contributed by atoms with van der Waals surface area (Å²) < 4.78 is 18.3. The second-order valence-electron chi connectivity index (χ2n) is 9.11. The molecule has 0 radical (unpaired) electrons. The van der Waals surface area contributed by atoms with E-state index in [9.17, 15) is 14.3 Å². The zero-order valence-electron chi connectivity index (χ0n) is 20.9. The molecular weight excluding hydrogens is 457 g/mol. The Morgan fingerprint density at radius 1 is 1.08 bits per heavy atom. The molecule has 3 rings (SSSR count). The van der Waals surface area contributed by atoms with Crippen molar-refractivity contribution in [2.24, 2.45) is 0 Å². The van der Waals surface area contributed by atoms with Crippen LogP contribution in [0, 0.1) is 6.92 Å². The first-order valence-corrected chi connectivity index (χ1v) is 11.8. The van der Waals surface area contributed by atoms with Crippen LogP contribution in [0.3, 0.4) is 0 Å². The molecule has 2 amide bonds. The zero-order chi connectivity index (χ0) is 26.0. The Balaban J connectivity index is 1.65. The molecular formula is C26H32BN5O4. The summed E-state index contributed by atoms with van der Waals surface area (Å²) in [7, 11) is 0.676. The van der Waals surface area contributed by atoms with Crippen LogP contribution in [0.5, 0.6) is 0 Å². The van der Waals surface area contributed by atoms with Gasteiger partial charge in [-0.3, -0.25) is 0 Å². The number of aryl methyl sites for hydroxylation is 1. The summed E-state index contributed by atoms with van der Waals surface area (Å²) in [5, 5.41) is 8.35. The molecule has 3 aromatic rings. The molecule has 1 aromatic heterocycles. The van der Waals surface area contributed by atoms with Gasteiger partial charge in [0.25, 0.3) is 0 Å². The predicted octanol–water partition coefficient (Wildman–Crippen LogP) is 2.26. The number of anilines is 1. The number of nitrogens with one attached hydrogen (secondary N) is 3. The molecule has 0 bridgehead atoms. The molecule has 1 unspecified atom stereocenters. The largest absolute Gasteiger partial charge is 0.0590 e. The van der Waals surface area contributed by atoms with E-state index in [0.717, 1.165) is 11.1 Å². The summed E-state index contributed by atoms with van der Waals surface area (Å²) in [4.78, 5) is 30.2. The molecule has 0 aliphatic heterocycles. The SMILES string of the molecule is Cc1ccc(Cn2cnc(NC(=O)C(COCc3ccccc3)NC(=O)C(C)(C)NCB=O)c2)cc1. The van der Waals surface area contributed by atoms with Crippen molar-refractivity contribution >= 4 is 24.8 Å². The van der Waals surface area contributed by atoms with Crippen molar-refractivity contribution in [3.63, 3.8) is 0 Å². The van der Waals surface area contributed by atoms with E-state index in [0.29, 0.717) is 26.1 Å². The van der Waals surface area contributed by atoms with Crippen LogP contribution in [0.15, 0.2) is 67.1 Å². The summed E-state index contributed by atoms with van der Waals surface area (Å²) in [6.07, 6.45) is 3.39. The van der Waals surface area contributed by atoms with Crippen LogP contribution >= 0.6 is 0 Å². The minimum absolute atomic E-state index is 0.0141. The van der Waals surface area contributed by atoms with E-state index in [1.807, 2.05) is 66.1 Å². The monoisotopic (exact) mass is 489 g/mol. The maximum Gasteiger partial charge on any atom is -0.0570 e. The van der Waals surface area contributed by atoms with Crippen LogP contribution in [-0.2, 0) is 32.2 Å². The summed E-state index contributed by atoms with van der Waals surface area (Å²) >= 11 is 0. The van der Waals surface area contributed by atoms with Crippen LogP contribution < -0.4 is 16.0 Å². The molecule has 188 valence electrons. The minimum Gasteiger partial charge on any atom is -0.0590 e. The molecule has 3 N–H and O–H groups in total. The van der Waals surface area contributed by atoms with Gasteiger partial charge >= 0.3 is 163 Å². The topological polar surface area (TPSA) is 114 Å². The molecule has 9 nitrogen and oxygen atoms in total. The molecule has 1 atom stereocenters. The molecule has 10 heteroatoms. The normalized spacial score (nSPS) is 12.0. The number of carbonyl (C=O) groups is 2. The Morgan fingerprint density at radius 2 is 1.81 bits per heavy atom. The average molecular weight is 489 g/mol. The zero-order valence-corrected chi connectivity index (χ0v) is 20.9. The Kier molecular flexibility index (Phi) is 9.66. The second-order valence-corrected chi connectivity index (χ2v) is 9.11. The Labute approximate surface area is 211 Å². The van der Waals surface area contributed by atoms with Crippen molar-refractivity contribution in [1.82, 2.24) is 20.2 Å². The third-order valence-corrected chi connectivity index (χ3v) is 5.58. The molecule has 0 fully saturated rings. The molecule has 0 saturated heterocycles. The fourth-order valence-electron chi connectivity index (χ4n) is 3.40. The van der Waals surface area contributed by atoms with Crippen LogP contribution in [0.4, 0.5) is 5.82 Å². The summed E-state index contributed by atoms with van der Waals surface area (Å²) in [5.74, 6) is -0.520. The number of benzene rings is 2. The Bertz CT molecular complexity index is 1150. The van der Waals surface area contributed by atoms with Gasteiger partial charge in [-0.2, -0.15) is 0 Å². The van der Waals surface area contributed by atoms with E-state index in [1.54, 1.807) is 26.4 Å². The first-order chi connectivity index (χ1) is 17.3. The Morgan fingerprint density at radius 3 is 2.50 bits per heavy atom. The van der Waals surface area contributed by atoms with Crippen molar-refractivity contribution < 1.29 is 19.0 Å². The number of rotatable bonds is 13. The van der Waals surface area contributed by atoms with Crippen molar-refractivity contribution in [2.45, 2.75) is 45.5 Å². The molecule has 0 aliphatic rings. The molecule has 0 spiro atoms. The van der Waals surface area contributed by atoms with Gasteiger partial charge in [-0.1, -0.05) is 35.9 Å². The number of carbonyl (C=O) groups excluding carboxylic acids is 2. The summed E-state index contributed by atoms with van der Waals surface area (Å²) in [5.41, 5.74) is 2.18. The molecule has 2 aromatic carbocycles. The quantitative estimate of drug-likeness (QED) is 0.318. The van der Waals surface area contributed by atoms with E-state index < -0.39 is 23.4 Å². The average Bonchev–Trinajstić information content (AvgIpc) is 3.30. The Hall–Kier alpha value is -3.63. The number of hydrogen-bond donors (Lipinski definition) is 3. The van der Waals surface area contributed by atoms with E-state index in [2.05, 4.69) is 20.9 Å². The first-order valence-electron chi connectivity index (χ1n) is 11.8. The first kappa shape index (κ1) is 27.0. The number of amides is 2. The predicted molar refractivity (Wildman–Crippen MR) is 138 cm³/mol. The van der Waals surface area contributed by atoms with Crippen LogP contribution in [0.25, 0.3) is 0 Å². The summed E-state index contributed by atoms with van der Waals surface area (Å²) in [6.45, 7) is 6.17. The molecule has 0 aliphatic carbocycles. The number of hydrogen-bond acceptors (Lipinski definition) is 6. The van der Waals surface area contributed by atoms with E-state index in [4.69, 9.17) is 4.74 Å². The number of imidazole rings is 1. The van der Waals surface area contributed by atoms with Crippen molar-refractivity contribution in [3.05, 3.63) is 83.8 Å². The number of aromatic nitrogens is 2. The number of ether oxygens (including phenoxy) is 1. The third-order valence-electron chi connectivity index (χ3n) is 5.58. The fraction of sp³-hybridized carbons (Fsp3) is 0.346. The van der Waals surface area contributed by atoms with Gasteiger partial charge in [0, 0.05) is 0 Å². The van der Waals surface area contributed by atoms with E-state index >= 15 is 0 Å².